The van der Waals surface area contributed by atoms with E-state index >= 15 is 0 Å². The summed E-state index contributed by atoms with van der Waals surface area (Å²) in [5.41, 5.74) is 5.32. The number of hydrogen-bond donors (Lipinski definition) is 1. The number of aromatic nitrogens is 3. The lowest BCUT2D eigenvalue weighted by Crippen LogP contribution is -2.30. The van der Waals surface area contributed by atoms with E-state index in [1.54, 1.807) is 11.8 Å². The smallest absolute Gasteiger partial charge is 0.219 e. The van der Waals surface area contributed by atoms with Crippen LogP contribution in [-0.4, -0.2) is 38.6 Å². The van der Waals surface area contributed by atoms with Crippen LogP contribution in [0.15, 0.2) is 5.16 Å². The predicted octanol–water partition coefficient (Wildman–Crippen LogP) is 2.47. The number of hydrogen-bond acceptors (Lipinski definition) is 5. The highest BCUT2D eigenvalue weighted by Crippen LogP contribution is 2.41. The molecule has 0 aromatic carbocycles. The van der Waals surface area contributed by atoms with E-state index in [-0.39, 0.29) is 5.91 Å². The van der Waals surface area contributed by atoms with Gasteiger partial charge in [0.15, 0.2) is 5.16 Å². The molecule has 24 heavy (non-hydrogen) atoms. The molecule has 4 rings (SSSR count). The Labute approximate surface area is 146 Å². The Kier molecular flexibility index (Phi) is 4.81. The fraction of sp³-hybridized carbons (Fsp3) is 0.824. The maximum atomic E-state index is 11.2. The fourth-order valence-corrected chi connectivity index (χ4v) is 4.54. The minimum atomic E-state index is -0.274. The molecule has 2 aliphatic carbocycles. The lowest BCUT2D eigenvalue weighted by molar-refractivity contribution is -0.118. The molecule has 1 saturated heterocycles. The number of thioether (sulfide) groups is 1. The van der Waals surface area contributed by atoms with E-state index in [9.17, 15) is 4.79 Å². The molecule has 1 aromatic heterocycles. The van der Waals surface area contributed by atoms with E-state index in [0.717, 1.165) is 29.1 Å². The number of carbonyl (C=O) groups is 1. The second kappa shape index (κ2) is 7.04. The first kappa shape index (κ1) is 16.4. The van der Waals surface area contributed by atoms with Crippen molar-refractivity contribution < 1.29 is 9.53 Å². The third-order valence-electron chi connectivity index (χ3n) is 5.20. The maximum absolute atomic E-state index is 11.2. The molecular formula is C17H26N4O2S. The van der Waals surface area contributed by atoms with Crippen LogP contribution in [-0.2, 0) is 16.1 Å². The van der Waals surface area contributed by atoms with E-state index in [4.69, 9.17) is 10.5 Å². The Morgan fingerprint density at radius 2 is 2.04 bits per heavy atom. The van der Waals surface area contributed by atoms with Crippen LogP contribution >= 0.6 is 11.8 Å². The van der Waals surface area contributed by atoms with Crippen molar-refractivity contribution in [3.63, 3.8) is 0 Å². The van der Waals surface area contributed by atoms with Gasteiger partial charge in [-0.3, -0.25) is 4.79 Å². The molecule has 2 heterocycles. The zero-order chi connectivity index (χ0) is 16.5. The summed E-state index contributed by atoms with van der Waals surface area (Å²) < 4.78 is 8.39. The normalized spacial score (nSPS) is 27.3. The summed E-state index contributed by atoms with van der Waals surface area (Å²) in [5.74, 6) is 3.01. The van der Waals surface area contributed by atoms with Gasteiger partial charge < -0.3 is 15.0 Å². The lowest BCUT2D eigenvalue weighted by atomic mass is 10.0. The second-order valence-corrected chi connectivity index (χ2v) is 8.35. The van der Waals surface area contributed by atoms with E-state index in [1.165, 1.54) is 38.5 Å². The quantitative estimate of drug-likeness (QED) is 0.728. The Hall–Kier alpha value is -1.08. The van der Waals surface area contributed by atoms with Crippen LogP contribution in [0.25, 0.3) is 0 Å². The molecule has 2 atom stereocenters. The number of nitrogens with two attached hydrogens (primary N) is 1. The van der Waals surface area contributed by atoms with E-state index in [1.807, 2.05) is 0 Å². The van der Waals surface area contributed by atoms with Crippen molar-refractivity contribution >= 4 is 17.7 Å². The molecule has 0 spiro atoms. The molecule has 1 amide bonds. The van der Waals surface area contributed by atoms with E-state index < -0.39 is 0 Å². The summed E-state index contributed by atoms with van der Waals surface area (Å²) in [5, 5.41) is 9.66. The van der Waals surface area contributed by atoms with Gasteiger partial charge in [-0.15, -0.1) is 10.2 Å². The fourth-order valence-electron chi connectivity index (χ4n) is 3.52. The molecule has 7 heteroatoms. The van der Waals surface area contributed by atoms with Crippen molar-refractivity contribution in [2.75, 3.05) is 5.75 Å². The van der Waals surface area contributed by atoms with Crippen molar-refractivity contribution in [1.82, 2.24) is 14.8 Å². The van der Waals surface area contributed by atoms with Gasteiger partial charge in [-0.2, -0.15) is 0 Å². The van der Waals surface area contributed by atoms with Gasteiger partial charge >= 0.3 is 0 Å². The van der Waals surface area contributed by atoms with Crippen LogP contribution in [0.1, 0.15) is 63.1 Å². The topological polar surface area (TPSA) is 83.0 Å². The van der Waals surface area contributed by atoms with Crippen molar-refractivity contribution in [1.29, 1.82) is 0 Å². The van der Waals surface area contributed by atoms with Crippen LogP contribution in [0.5, 0.6) is 0 Å². The molecule has 2 saturated carbocycles. The summed E-state index contributed by atoms with van der Waals surface area (Å²) in [7, 11) is 0. The number of nitrogens with zero attached hydrogens (tertiary/aromatic N) is 3. The Morgan fingerprint density at radius 3 is 2.75 bits per heavy atom. The van der Waals surface area contributed by atoms with Crippen LogP contribution in [0.4, 0.5) is 0 Å². The predicted molar refractivity (Wildman–Crippen MR) is 91.8 cm³/mol. The van der Waals surface area contributed by atoms with Crippen LogP contribution < -0.4 is 5.73 Å². The minimum absolute atomic E-state index is 0.274. The molecule has 1 aliphatic heterocycles. The SMILES string of the molecule is NC(=O)CCn1c(SCC2CCCC(C3CC3)O2)nnc1C1CC1. The Bertz CT molecular complexity index is 597. The lowest BCUT2D eigenvalue weighted by Gasteiger charge is -2.30. The van der Waals surface area contributed by atoms with Crippen molar-refractivity contribution in [3.05, 3.63) is 5.82 Å². The summed E-state index contributed by atoms with van der Waals surface area (Å²) in [6, 6.07) is 0. The van der Waals surface area contributed by atoms with Crippen molar-refractivity contribution in [2.45, 2.75) is 81.2 Å². The highest BCUT2D eigenvalue weighted by Gasteiger charge is 2.36. The van der Waals surface area contributed by atoms with Crippen molar-refractivity contribution in [2.24, 2.45) is 11.7 Å². The number of carbonyl (C=O) groups excluding carboxylic acids is 1. The molecule has 3 aliphatic rings. The molecular weight excluding hydrogens is 324 g/mol. The van der Waals surface area contributed by atoms with Gasteiger partial charge in [0.05, 0.1) is 12.2 Å². The van der Waals surface area contributed by atoms with Gasteiger partial charge in [0.2, 0.25) is 5.91 Å². The van der Waals surface area contributed by atoms with E-state index in [0.29, 0.717) is 31.1 Å². The van der Waals surface area contributed by atoms with Crippen LogP contribution in [0.2, 0.25) is 0 Å². The summed E-state index contributed by atoms with van der Waals surface area (Å²) in [4.78, 5) is 11.2. The molecule has 1 aromatic rings. The summed E-state index contributed by atoms with van der Waals surface area (Å²) >= 11 is 1.72. The first-order chi connectivity index (χ1) is 11.7. The molecule has 0 bridgehead atoms. The highest BCUT2D eigenvalue weighted by atomic mass is 32.2. The van der Waals surface area contributed by atoms with Gasteiger partial charge in [-0.25, -0.2) is 0 Å². The van der Waals surface area contributed by atoms with Crippen LogP contribution in [0, 0.1) is 5.92 Å². The third-order valence-corrected chi connectivity index (χ3v) is 6.30. The molecule has 3 fully saturated rings. The molecule has 2 N–H and O–H groups in total. The largest absolute Gasteiger partial charge is 0.374 e. The maximum Gasteiger partial charge on any atom is 0.219 e. The average Bonchev–Trinajstić information content (AvgIpc) is 3.48. The van der Waals surface area contributed by atoms with E-state index in [2.05, 4.69) is 14.8 Å². The average molecular weight is 350 g/mol. The first-order valence-electron chi connectivity index (χ1n) is 9.20. The highest BCUT2D eigenvalue weighted by molar-refractivity contribution is 7.99. The summed E-state index contributed by atoms with van der Waals surface area (Å²) in [6.45, 7) is 0.590. The van der Waals surface area contributed by atoms with Crippen LogP contribution in [0.3, 0.4) is 0 Å². The standard InChI is InChI=1S/C17H26N4O2S/c18-15(22)8-9-21-16(12-6-7-12)19-20-17(21)24-10-13-2-1-3-14(23-13)11-4-5-11/h11-14H,1-10H2,(H2,18,22). The zero-order valence-electron chi connectivity index (χ0n) is 14.0. The van der Waals surface area contributed by atoms with Gasteiger partial charge in [0, 0.05) is 24.6 Å². The third kappa shape index (κ3) is 3.94. The number of rotatable bonds is 8. The molecule has 132 valence electrons. The number of ether oxygens (including phenoxy) is 1. The second-order valence-electron chi connectivity index (χ2n) is 7.36. The number of primary amides is 1. The van der Waals surface area contributed by atoms with Gasteiger partial charge in [0.1, 0.15) is 5.82 Å². The molecule has 0 radical (unpaired) electrons. The molecule has 2 unspecified atom stereocenters. The first-order valence-corrected chi connectivity index (χ1v) is 10.2. The monoisotopic (exact) mass is 350 g/mol. The number of amides is 1. The summed E-state index contributed by atoms with van der Waals surface area (Å²) in [6.07, 6.45) is 9.83. The van der Waals surface area contributed by atoms with Crippen molar-refractivity contribution in [3.8, 4) is 0 Å². The van der Waals surface area contributed by atoms with Gasteiger partial charge in [-0.1, -0.05) is 11.8 Å². The Balaban J connectivity index is 1.37. The zero-order valence-corrected chi connectivity index (χ0v) is 14.8. The van der Waals surface area contributed by atoms with Gasteiger partial charge in [-0.05, 0) is 50.9 Å². The molecule has 6 nitrogen and oxygen atoms in total. The van der Waals surface area contributed by atoms with Gasteiger partial charge in [0.25, 0.3) is 0 Å². The Morgan fingerprint density at radius 1 is 1.21 bits per heavy atom. The minimum Gasteiger partial charge on any atom is -0.374 e.